The number of hydrogen-bond donors (Lipinski definition) is 2. The molecule has 0 aromatic rings. The van der Waals surface area contributed by atoms with Gasteiger partial charge >= 0.3 is 0 Å². The molecule has 0 spiro atoms. The van der Waals surface area contributed by atoms with Crippen molar-refractivity contribution >= 4 is 8.58 Å². The smallest absolute Gasteiger partial charge is 0.0594 e. The molecule has 4 aliphatic carbocycles. The van der Waals surface area contributed by atoms with Gasteiger partial charge in [0.2, 0.25) is 0 Å². The van der Waals surface area contributed by atoms with E-state index < -0.39 is 0 Å². The predicted octanol–water partition coefficient (Wildman–Crippen LogP) is 8.23. The van der Waals surface area contributed by atoms with Gasteiger partial charge in [0.15, 0.2) is 0 Å². The average Bonchev–Trinajstić information content (AvgIpc) is 3.13. The van der Waals surface area contributed by atoms with E-state index in [0.717, 1.165) is 40.7 Å². The second kappa shape index (κ2) is 10.5. The van der Waals surface area contributed by atoms with Crippen LogP contribution in [-0.4, -0.2) is 35.8 Å². The third kappa shape index (κ3) is 4.76. The third-order valence-electron chi connectivity index (χ3n) is 11.9. The topological polar surface area (TPSA) is 40.5 Å². The van der Waals surface area contributed by atoms with Crippen molar-refractivity contribution in [1.82, 2.24) is 0 Å². The molecule has 3 heteroatoms. The Morgan fingerprint density at radius 1 is 0.914 bits per heavy atom. The summed E-state index contributed by atoms with van der Waals surface area (Å²) in [7, 11) is 1.08. The molecule has 0 radical (unpaired) electrons. The minimum absolute atomic E-state index is 0.0333. The number of aliphatic hydroxyl groups excluding tert-OH is 2. The standard InChI is InChI=1S/C30H50O2.C2H7P/c1-19(2)10-9-11-20(3)21-12-16-30(8)26(21)22(31)18-24-28(6)15-14-25(32)27(4,5)23(28)13-17-29(24,30)7;1-3-2/h10,21-26,31-32H,3,9,11-18H2,1-2,4-8H3;3H,1-2H3/t21?,22-,23?,24?,25+,26?,28+,29-,30-;/m1./s1. The van der Waals surface area contributed by atoms with Crippen LogP contribution in [0.2, 0.25) is 0 Å². The molecule has 4 saturated carbocycles. The van der Waals surface area contributed by atoms with E-state index >= 15 is 0 Å². The van der Waals surface area contributed by atoms with E-state index in [1.807, 2.05) is 0 Å². The van der Waals surface area contributed by atoms with Crippen LogP contribution in [0.3, 0.4) is 0 Å². The lowest BCUT2D eigenvalue weighted by atomic mass is 9.35. The lowest BCUT2D eigenvalue weighted by Crippen LogP contribution is -2.66. The van der Waals surface area contributed by atoms with Crippen LogP contribution in [0.1, 0.15) is 106 Å². The van der Waals surface area contributed by atoms with Gasteiger partial charge in [-0.15, -0.1) is 8.58 Å². The maximum Gasteiger partial charge on any atom is 0.0594 e. The van der Waals surface area contributed by atoms with E-state index in [1.165, 1.54) is 36.8 Å². The Labute approximate surface area is 219 Å². The summed E-state index contributed by atoms with van der Waals surface area (Å²) in [5.41, 5.74) is 3.37. The highest BCUT2D eigenvalue weighted by Crippen LogP contribution is 2.75. The second-order valence-electron chi connectivity index (χ2n) is 14.3. The minimum atomic E-state index is -0.226. The Hall–Kier alpha value is -0.170. The molecule has 4 unspecified atom stereocenters. The van der Waals surface area contributed by atoms with Gasteiger partial charge in [0.05, 0.1) is 12.2 Å². The van der Waals surface area contributed by atoms with E-state index in [-0.39, 0.29) is 33.9 Å². The van der Waals surface area contributed by atoms with Crippen molar-refractivity contribution in [2.75, 3.05) is 13.3 Å². The average molecular weight is 505 g/mol. The largest absolute Gasteiger partial charge is 0.393 e. The Morgan fingerprint density at radius 3 is 2.11 bits per heavy atom. The molecular formula is C32H57O2P. The molecule has 0 aromatic carbocycles. The zero-order valence-electron chi connectivity index (χ0n) is 24.5. The van der Waals surface area contributed by atoms with Gasteiger partial charge < -0.3 is 10.2 Å². The second-order valence-corrected chi connectivity index (χ2v) is 15.3. The summed E-state index contributed by atoms with van der Waals surface area (Å²) in [6, 6.07) is 0. The monoisotopic (exact) mass is 504 g/mol. The van der Waals surface area contributed by atoms with Gasteiger partial charge in [0.25, 0.3) is 0 Å². The summed E-state index contributed by atoms with van der Waals surface area (Å²) < 4.78 is 0. The fourth-order valence-corrected chi connectivity index (χ4v) is 9.94. The van der Waals surface area contributed by atoms with Crippen molar-refractivity contribution in [2.24, 2.45) is 45.3 Å². The summed E-state index contributed by atoms with van der Waals surface area (Å²) in [6.45, 7) is 25.4. The molecule has 35 heavy (non-hydrogen) atoms. The van der Waals surface area contributed by atoms with E-state index in [0.29, 0.717) is 23.7 Å². The maximum atomic E-state index is 11.7. The van der Waals surface area contributed by atoms with E-state index in [9.17, 15) is 10.2 Å². The van der Waals surface area contributed by atoms with E-state index in [4.69, 9.17) is 0 Å². The highest BCUT2D eigenvalue weighted by atomic mass is 31.1. The van der Waals surface area contributed by atoms with Crippen LogP contribution >= 0.6 is 8.58 Å². The summed E-state index contributed by atoms with van der Waals surface area (Å²) in [4.78, 5) is 0. The first-order chi connectivity index (χ1) is 16.2. The van der Waals surface area contributed by atoms with Crippen molar-refractivity contribution in [3.8, 4) is 0 Å². The van der Waals surface area contributed by atoms with Crippen molar-refractivity contribution in [2.45, 2.75) is 118 Å². The molecule has 2 N–H and O–H groups in total. The molecule has 0 bridgehead atoms. The first kappa shape index (κ1) is 29.4. The van der Waals surface area contributed by atoms with Crippen molar-refractivity contribution in [3.63, 3.8) is 0 Å². The Balaban J connectivity index is 0.00000108. The van der Waals surface area contributed by atoms with Gasteiger partial charge in [0, 0.05) is 0 Å². The normalized spacial score (nSPS) is 45.8. The first-order valence-electron chi connectivity index (χ1n) is 14.5. The SMILES string of the molecule is C=C(CCC=C(C)C)C1CC[C@]2(C)C1[C@H](O)CC1[C@@]3(C)CC[C@H](O)C(C)(C)C3CC[C@]12C.CPC. The molecule has 0 aliphatic heterocycles. The van der Waals surface area contributed by atoms with Crippen LogP contribution in [0.15, 0.2) is 23.8 Å². The van der Waals surface area contributed by atoms with Gasteiger partial charge in [-0.3, -0.25) is 0 Å². The van der Waals surface area contributed by atoms with Crippen LogP contribution in [0.4, 0.5) is 0 Å². The molecule has 0 heterocycles. The predicted molar refractivity (Wildman–Crippen MR) is 154 cm³/mol. The fraction of sp³-hybridized carbons (Fsp3) is 0.875. The van der Waals surface area contributed by atoms with Crippen molar-refractivity contribution in [1.29, 1.82) is 0 Å². The summed E-state index contributed by atoms with van der Waals surface area (Å²) in [5, 5.41) is 22.6. The maximum absolute atomic E-state index is 11.7. The van der Waals surface area contributed by atoms with Gasteiger partial charge in [-0.05, 0) is 130 Å². The van der Waals surface area contributed by atoms with Gasteiger partial charge in [-0.1, -0.05) is 58.4 Å². The van der Waals surface area contributed by atoms with Crippen LogP contribution in [0, 0.1) is 45.3 Å². The number of allylic oxidation sites excluding steroid dienone is 3. The molecular weight excluding hydrogens is 447 g/mol. The molecule has 4 rings (SSSR count). The fourth-order valence-electron chi connectivity index (χ4n) is 9.94. The molecule has 4 aliphatic rings. The van der Waals surface area contributed by atoms with Crippen molar-refractivity contribution in [3.05, 3.63) is 23.8 Å². The number of rotatable bonds is 4. The van der Waals surface area contributed by atoms with Gasteiger partial charge in [-0.25, -0.2) is 0 Å². The highest BCUT2D eigenvalue weighted by Gasteiger charge is 2.70. The molecule has 0 amide bonds. The zero-order chi connectivity index (χ0) is 26.4. The molecule has 2 nitrogen and oxygen atoms in total. The lowest BCUT2D eigenvalue weighted by molar-refractivity contribution is -0.240. The number of hydrogen-bond acceptors (Lipinski definition) is 2. The molecule has 202 valence electrons. The molecule has 9 atom stereocenters. The van der Waals surface area contributed by atoms with Crippen LogP contribution in [0.25, 0.3) is 0 Å². The van der Waals surface area contributed by atoms with Gasteiger partial charge in [0.1, 0.15) is 0 Å². The Kier molecular flexibility index (Phi) is 8.85. The van der Waals surface area contributed by atoms with Crippen LogP contribution < -0.4 is 0 Å². The van der Waals surface area contributed by atoms with Crippen LogP contribution in [-0.2, 0) is 0 Å². The summed E-state index contributed by atoms with van der Waals surface area (Å²) >= 11 is 0. The number of fused-ring (bicyclic) bond motifs is 5. The van der Waals surface area contributed by atoms with E-state index in [2.05, 4.69) is 74.5 Å². The quantitative estimate of drug-likeness (QED) is 0.299. The molecule has 4 fully saturated rings. The zero-order valence-corrected chi connectivity index (χ0v) is 25.5. The summed E-state index contributed by atoms with van der Waals surface area (Å²) in [6.07, 6.45) is 11.9. The third-order valence-corrected chi connectivity index (χ3v) is 11.9. The Bertz CT molecular complexity index is 797. The number of aliphatic hydroxyl groups is 2. The lowest BCUT2D eigenvalue weighted by Gasteiger charge is -2.70. The first-order valence-corrected chi connectivity index (χ1v) is 16.5. The van der Waals surface area contributed by atoms with Gasteiger partial charge in [-0.2, -0.15) is 0 Å². The minimum Gasteiger partial charge on any atom is -0.393 e. The van der Waals surface area contributed by atoms with Crippen molar-refractivity contribution < 1.29 is 10.2 Å². The van der Waals surface area contributed by atoms with Crippen LogP contribution in [0.5, 0.6) is 0 Å². The summed E-state index contributed by atoms with van der Waals surface area (Å²) in [5.74, 6) is 1.90. The molecule has 0 saturated heterocycles. The van der Waals surface area contributed by atoms with E-state index in [1.54, 1.807) is 0 Å². The Morgan fingerprint density at radius 2 is 1.51 bits per heavy atom. The highest BCUT2D eigenvalue weighted by molar-refractivity contribution is 7.35. The molecule has 0 aromatic heterocycles.